The molecular formula is C14H12Br2ClNOS. The van der Waals surface area contributed by atoms with Crippen LogP contribution in [0.1, 0.15) is 29.0 Å². The fourth-order valence-corrected chi connectivity index (χ4v) is 4.72. The van der Waals surface area contributed by atoms with Gasteiger partial charge in [0.15, 0.2) is 0 Å². The molecule has 2 atom stereocenters. The lowest BCUT2D eigenvalue weighted by Gasteiger charge is -2.31. The van der Waals surface area contributed by atoms with Gasteiger partial charge in [-0.1, -0.05) is 11.6 Å². The second-order valence-electron chi connectivity index (χ2n) is 4.64. The summed E-state index contributed by atoms with van der Waals surface area (Å²) in [5, 5.41) is 4.09. The average Bonchev–Trinajstić information content (AvgIpc) is 2.77. The van der Waals surface area contributed by atoms with E-state index in [1.807, 2.05) is 25.2 Å². The molecule has 6 heteroatoms. The molecule has 1 aromatic heterocycles. The maximum atomic E-state index is 6.14. The summed E-state index contributed by atoms with van der Waals surface area (Å²) in [5.41, 5.74) is 1.13. The van der Waals surface area contributed by atoms with Gasteiger partial charge in [-0.15, -0.1) is 11.3 Å². The molecular weight excluding hydrogens is 425 g/mol. The Labute approximate surface area is 143 Å². The Balaban J connectivity index is 1.96. The minimum absolute atomic E-state index is 0.0636. The first kappa shape index (κ1) is 14.9. The summed E-state index contributed by atoms with van der Waals surface area (Å²) < 4.78 is 8.31. The molecule has 1 aliphatic rings. The summed E-state index contributed by atoms with van der Waals surface area (Å²) in [7, 11) is 1.97. The van der Waals surface area contributed by atoms with Gasteiger partial charge in [-0.05, 0) is 63.2 Å². The summed E-state index contributed by atoms with van der Waals surface area (Å²) in [6.07, 6.45) is 0.956. The van der Waals surface area contributed by atoms with Gasteiger partial charge >= 0.3 is 0 Å². The molecule has 1 N–H and O–H groups in total. The highest BCUT2D eigenvalue weighted by molar-refractivity contribution is 9.13. The minimum Gasteiger partial charge on any atom is -0.484 e. The zero-order valence-electron chi connectivity index (χ0n) is 10.6. The average molecular weight is 438 g/mol. The topological polar surface area (TPSA) is 21.3 Å². The molecule has 2 nitrogen and oxygen atoms in total. The van der Waals surface area contributed by atoms with Crippen molar-refractivity contribution in [3.63, 3.8) is 0 Å². The largest absolute Gasteiger partial charge is 0.484 e. The SMILES string of the molecule is CNC1CC(c2cc(Br)c(Br)s2)Oc2ccc(Cl)cc21. The molecule has 20 heavy (non-hydrogen) atoms. The number of fused-ring (bicyclic) bond motifs is 1. The molecule has 106 valence electrons. The van der Waals surface area contributed by atoms with Gasteiger partial charge in [0.1, 0.15) is 11.9 Å². The highest BCUT2D eigenvalue weighted by atomic mass is 79.9. The number of halogens is 3. The Kier molecular flexibility index (Phi) is 4.43. The highest BCUT2D eigenvalue weighted by Gasteiger charge is 2.30. The lowest BCUT2D eigenvalue weighted by molar-refractivity contribution is 0.157. The fraction of sp³-hybridized carbons (Fsp3) is 0.286. The maximum Gasteiger partial charge on any atom is 0.135 e. The molecule has 0 aliphatic carbocycles. The Bertz CT molecular complexity index is 627. The van der Waals surface area contributed by atoms with Gasteiger partial charge < -0.3 is 10.1 Å². The Morgan fingerprint density at radius 2 is 2.15 bits per heavy atom. The van der Waals surface area contributed by atoms with E-state index in [1.54, 1.807) is 11.3 Å². The van der Waals surface area contributed by atoms with Gasteiger partial charge in [0.25, 0.3) is 0 Å². The number of rotatable bonds is 2. The molecule has 2 unspecified atom stereocenters. The van der Waals surface area contributed by atoms with Crippen LogP contribution in [0.4, 0.5) is 0 Å². The summed E-state index contributed by atoms with van der Waals surface area (Å²) >= 11 is 14.9. The Morgan fingerprint density at radius 1 is 1.35 bits per heavy atom. The van der Waals surface area contributed by atoms with Gasteiger partial charge in [0.05, 0.1) is 3.79 Å². The molecule has 2 aromatic rings. The van der Waals surface area contributed by atoms with Crippen molar-refractivity contribution in [2.24, 2.45) is 0 Å². The van der Waals surface area contributed by atoms with Crippen molar-refractivity contribution in [3.8, 4) is 5.75 Å². The number of hydrogen-bond donors (Lipinski definition) is 1. The van der Waals surface area contributed by atoms with Crippen LogP contribution in [-0.4, -0.2) is 7.05 Å². The highest BCUT2D eigenvalue weighted by Crippen LogP contribution is 2.45. The van der Waals surface area contributed by atoms with Crippen LogP contribution in [0.3, 0.4) is 0 Å². The maximum absolute atomic E-state index is 6.14. The van der Waals surface area contributed by atoms with Crippen molar-refractivity contribution in [2.45, 2.75) is 18.6 Å². The first-order chi connectivity index (χ1) is 9.58. The molecule has 0 amide bonds. The summed E-state index contributed by atoms with van der Waals surface area (Å²) in [4.78, 5) is 1.21. The number of nitrogens with one attached hydrogen (secondary N) is 1. The van der Waals surface area contributed by atoms with E-state index in [9.17, 15) is 0 Å². The van der Waals surface area contributed by atoms with Crippen LogP contribution < -0.4 is 10.1 Å². The molecule has 2 heterocycles. The van der Waals surface area contributed by atoms with Crippen LogP contribution in [-0.2, 0) is 0 Å². The molecule has 0 spiro atoms. The van der Waals surface area contributed by atoms with Crippen LogP contribution in [0, 0.1) is 0 Å². The third-order valence-corrected chi connectivity index (χ3v) is 6.98. The number of ether oxygens (including phenoxy) is 1. The minimum atomic E-state index is 0.0636. The van der Waals surface area contributed by atoms with E-state index in [0.717, 1.165) is 31.0 Å². The van der Waals surface area contributed by atoms with Crippen molar-refractivity contribution < 1.29 is 4.74 Å². The van der Waals surface area contributed by atoms with Crippen LogP contribution in [0.2, 0.25) is 5.02 Å². The van der Waals surface area contributed by atoms with Gasteiger partial charge in [0.2, 0.25) is 0 Å². The van der Waals surface area contributed by atoms with E-state index in [0.29, 0.717) is 0 Å². The molecule has 1 aromatic carbocycles. The standard InChI is InChI=1S/C14H12Br2ClNOS/c1-18-10-6-12(13-5-9(15)14(16)20-13)19-11-3-2-7(17)4-8(10)11/h2-5,10,12,18H,6H2,1H3. The molecule has 0 radical (unpaired) electrons. The van der Waals surface area contributed by atoms with Crippen LogP contribution in [0.25, 0.3) is 0 Å². The predicted octanol–water partition coefficient (Wildman–Crippen LogP) is 5.71. The lowest BCUT2D eigenvalue weighted by atomic mass is 9.96. The summed E-state index contributed by atoms with van der Waals surface area (Å²) in [5.74, 6) is 0.908. The van der Waals surface area contributed by atoms with Gasteiger partial charge in [-0.25, -0.2) is 0 Å². The van der Waals surface area contributed by atoms with Crippen molar-refractivity contribution in [2.75, 3.05) is 7.05 Å². The quantitative estimate of drug-likeness (QED) is 0.650. The smallest absolute Gasteiger partial charge is 0.135 e. The van der Waals surface area contributed by atoms with Crippen LogP contribution >= 0.6 is 54.8 Å². The number of benzene rings is 1. The normalized spacial score (nSPS) is 21.4. The Morgan fingerprint density at radius 3 is 2.80 bits per heavy atom. The summed E-state index contributed by atoms with van der Waals surface area (Å²) in [6, 6.07) is 8.17. The van der Waals surface area contributed by atoms with Crippen molar-refractivity contribution >= 4 is 54.8 Å². The van der Waals surface area contributed by atoms with Gasteiger partial charge in [0, 0.05) is 32.4 Å². The van der Waals surface area contributed by atoms with E-state index >= 15 is 0 Å². The van der Waals surface area contributed by atoms with Crippen molar-refractivity contribution in [3.05, 3.63) is 48.0 Å². The molecule has 0 bridgehead atoms. The first-order valence-electron chi connectivity index (χ1n) is 6.16. The second-order valence-corrected chi connectivity index (χ2v) is 8.33. The Hall–Kier alpha value is -0.0700. The second kappa shape index (κ2) is 5.97. The zero-order chi connectivity index (χ0) is 14.3. The van der Waals surface area contributed by atoms with E-state index in [2.05, 4.69) is 43.2 Å². The van der Waals surface area contributed by atoms with E-state index in [-0.39, 0.29) is 12.1 Å². The molecule has 0 saturated carbocycles. The van der Waals surface area contributed by atoms with Crippen LogP contribution in [0.5, 0.6) is 5.75 Å². The molecule has 1 aliphatic heterocycles. The van der Waals surface area contributed by atoms with E-state index in [4.69, 9.17) is 16.3 Å². The first-order valence-corrected chi connectivity index (χ1v) is 8.94. The third-order valence-electron chi connectivity index (χ3n) is 3.40. The molecule has 3 rings (SSSR count). The predicted molar refractivity (Wildman–Crippen MR) is 91.0 cm³/mol. The van der Waals surface area contributed by atoms with Gasteiger partial charge in [-0.2, -0.15) is 0 Å². The summed E-state index contributed by atoms with van der Waals surface area (Å²) in [6.45, 7) is 0. The zero-order valence-corrected chi connectivity index (χ0v) is 15.4. The molecule has 0 saturated heterocycles. The van der Waals surface area contributed by atoms with Crippen molar-refractivity contribution in [1.82, 2.24) is 5.32 Å². The fourth-order valence-electron chi connectivity index (χ4n) is 2.41. The third kappa shape index (κ3) is 2.79. The molecule has 0 fully saturated rings. The monoisotopic (exact) mass is 435 g/mol. The van der Waals surface area contributed by atoms with E-state index < -0.39 is 0 Å². The van der Waals surface area contributed by atoms with E-state index in [1.165, 1.54) is 4.88 Å². The number of thiophene rings is 1. The lowest BCUT2D eigenvalue weighted by Crippen LogP contribution is -2.26. The van der Waals surface area contributed by atoms with Crippen LogP contribution in [0.15, 0.2) is 32.5 Å². The number of hydrogen-bond acceptors (Lipinski definition) is 3. The van der Waals surface area contributed by atoms with Gasteiger partial charge in [-0.3, -0.25) is 0 Å². The van der Waals surface area contributed by atoms with Crippen molar-refractivity contribution in [1.29, 1.82) is 0 Å².